The Hall–Kier alpha value is -2.12. The number of fused-ring (bicyclic) bond motifs is 1. The molecule has 1 aliphatic heterocycles. The lowest BCUT2D eigenvalue weighted by molar-refractivity contribution is -0.123. The number of imide groups is 1. The Bertz CT molecular complexity index is 632. The number of carbonyl (C=O) groups is 2. The molecule has 108 valence electrons. The number of rotatable bonds is 1. The minimum Gasteiger partial charge on any atom is -0.320 e. The zero-order valence-electron chi connectivity index (χ0n) is 12.0. The summed E-state index contributed by atoms with van der Waals surface area (Å²) in [6.45, 7) is 2.39. The molecular weight excluding hydrogens is 264 g/mol. The summed E-state index contributed by atoms with van der Waals surface area (Å²) in [7, 11) is 0. The lowest BCUT2D eigenvalue weighted by atomic mass is 10.00. The van der Waals surface area contributed by atoms with Gasteiger partial charge in [0.05, 0.1) is 24.1 Å². The molecule has 4 heteroatoms. The smallest absolute Gasteiger partial charge is 0.237 e. The molecule has 2 aliphatic rings. The largest absolute Gasteiger partial charge is 0.320 e. The zero-order chi connectivity index (χ0) is 15.0. The Labute approximate surface area is 124 Å². The second-order valence-corrected chi connectivity index (χ2v) is 5.86. The van der Waals surface area contributed by atoms with E-state index >= 15 is 0 Å². The number of benzene rings is 1. The topological polar surface area (TPSA) is 63.4 Å². The van der Waals surface area contributed by atoms with Gasteiger partial charge in [0.2, 0.25) is 11.8 Å². The average Bonchev–Trinajstić information content (AvgIpc) is 2.96. The number of carbonyl (C=O) groups excluding carboxylic acids is 2. The second-order valence-electron chi connectivity index (χ2n) is 5.86. The maximum atomic E-state index is 12.5. The van der Waals surface area contributed by atoms with Gasteiger partial charge in [0.15, 0.2) is 0 Å². The van der Waals surface area contributed by atoms with Gasteiger partial charge in [-0.1, -0.05) is 24.8 Å². The SMILES string of the molecule is CC1CC2C(=O)N(c3cccc(C#CCN)c3)C(=O)C2C1. The molecule has 1 saturated heterocycles. The normalized spacial score (nSPS) is 27.5. The van der Waals surface area contributed by atoms with Gasteiger partial charge in [0.1, 0.15) is 0 Å². The lowest BCUT2D eigenvalue weighted by Crippen LogP contribution is -2.32. The summed E-state index contributed by atoms with van der Waals surface area (Å²) in [5, 5.41) is 0. The number of nitrogens with zero attached hydrogens (tertiary/aromatic N) is 1. The number of hydrogen-bond donors (Lipinski definition) is 1. The first-order valence-corrected chi connectivity index (χ1v) is 7.28. The van der Waals surface area contributed by atoms with E-state index in [0.717, 1.165) is 18.4 Å². The van der Waals surface area contributed by atoms with Crippen molar-refractivity contribution >= 4 is 17.5 Å². The molecule has 1 heterocycles. The Kier molecular flexibility index (Phi) is 3.52. The molecule has 1 aliphatic carbocycles. The molecule has 1 aromatic carbocycles. The van der Waals surface area contributed by atoms with Crippen LogP contribution in [0.4, 0.5) is 5.69 Å². The maximum Gasteiger partial charge on any atom is 0.237 e. The summed E-state index contributed by atoms with van der Waals surface area (Å²) >= 11 is 0. The van der Waals surface area contributed by atoms with Crippen molar-refractivity contribution in [1.82, 2.24) is 0 Å². The number of anilines is 1. The molecule has 2 amide bonds. The highest BCUT2D eigenvalue weighted by Gasteiger charge is 2.52. The lowest BCUT2D eigenvalue weighted by Gasteiger charge is -2.17. The number of amides is 2. The predicted molar refractivity (Wildman–Crippen MR) is 80.2 cm³/mol. The quantitative estimate of drug-likeness (QED) is 0.627. The van der Waals surface area contributed by atoms with Crippen molar-refractivity contribution < 1.29 is 9.59 Å². The van der Waals surface area contributed by atoms with E-state index in [1.165, 1.54) is 4.90 Å². The molecule has 0 aromatic heterocycles. The summed E-state index contributed by atoms with van der Waals surface area (Å²) in [4.78, 5) is 26.4. The van der Waals surface area contributed by atoms with Crippen LogP contribution in [-0.4, -0.2) is 18.4 Å². The minimum absolute atomic E-state index is 0.0571. The monoisotopic (exact) mass is 282 g/mol. The van der Waals surface area contributed by atoms with E-state index in [2.05, 4.69) is 18.8 Å². The van der Waals surface area contributed by atoms with E-state index in [9.17, 15) is 9.59 Å². The fourth-order valence-corrected chi connectivity index (χ4v) is 3.41. The standard InChI is InChI=1S/C17H18N2O2/c1-11-8-14-15(9-11)17(21)19(16(14)20)13-6-2-4-12(10-13)5-3-7-18/h2,4,6,10-11,14-15H,7-9,18H2,1H3. The first-order valence-electron chi connectivity index (χ1n) is 7.28. The molecule has 4 nitrogen and oxygen atoms in total. The summed E-state index contributed by atoms with van der Waals surface area (Å²) in [6, 6.07) is 7.23. The Morgan fingerprint density at radius 2 is 1.90 bits per heavy atom. The van der Waals surface area contributed by atoms with Crippen molar-refractivity contribution in [1.29, 1.82) is 0 Å². The molecule has 0 radical (unpaired) electrons. The van der Waals surface area contributed by atoms with Crippen LogP contribution < -0.4 is 10.6 Å². The number of hydrogen-bond acceptors (Lipinski definition) is 3. The second kappa shape index (κ2) is 5.34. The molecule has 2 N–H and O–H groups in total. The molecule has 2 atom stereocenters. The highest BCUT2D eigenvalue weighted by atomic mass is 16.2. The van der Waals surface area contributed by atoms with Crippen LogP contribution in [0.2, 0.25) is 0 Å². The first-order chi connectivity index (χ1) is 10.1. The molecule has 2 unspecified atom stereocenters. The van der Waals surface area contributed by atoms with E-state index in [4.69, 9.17) is 5.73 Å². The van der Waals surface area contributed by atoms with E-state index in [1.54, 1.807) is 12.1 Å². The highest BCUT2D eigenvalue weighted by Crippen LogP contribution is 2.44. The Balaban J connectivity index is 1.91. The molecule has 0 bridgehead atoms. The van der Waals surface area contributed by atoms with Crippen molar-refractivity contribution in [2.45, 2.75) is 19.8 Å². The highest BCUT2D eigenvalue weighted by molar-refractivity contribution is 6.22. The van der Waals surface area contributed by atoms with E-state index in [1.807, 2.05) is 12.1 Å². The van der Waals surface area contributed by atoms with Crippen molar-refractivity contribution in [3.8, 4) is 11.8 Å². The van der Waals surface area contributed by atoms with Crippen LogP contribution in [0.15, 0.2) is 24.3 Å². The molecule has 1 aromatic rings. The summed E-state index contributed by atoms with van der Waals surface area (Å²) < 4.78 is 0. The fraction of sp³-hybridized carbons (Fsp3) is 0.412. The Morgan fingerprint density at radius 1 is 1.24 bits per heavy atom. The molecule has 0 spiro atoms. The van der Waals surface area contributed by atoms with Crippen LogP contribution in [0.25, 0.3) is 0 Å². The van der Waals surface area contributed by atoms with Crippen LogP contribution in [0.1, 0.15) is 25.3 Å². The number of nitrogens with two attached hydrogens (primary N) is 1. The van der Waals surface area contributed by atoms with Gasteiger partial charge in [0, 0.05) is 5.56 Å². The zero-order valence-corrected chi connectivity index (χ0v) is 12.0. The van der Waals surface area contributed by atoms with Gasteiger partial charge >= 0.3 is 0 Å². The molecule has 21 heavy (non-hydrogen) atoms. The first kappa shape index (κ1) is 13.8. The van der Waals surface area contributed by atoms with Crippen LogP contribution in [0.5, 0.6) is 0 Å². The maximum absolute atomic E-state index is 12.5. The van der Waals surface area contributed by atoms with E-state index < -0.39 is 0 Å². The van der Waals surface area contributed by atoms with Crippen LogP contribution in [0.3, 0.4) is 0 Å². The third kappa shape index (κ3) is 2.34. The van der Waals surface area contributed by atoms with Crippen LogP contribution in [0, 0.1) is 29.6 Å². The van der Waals surface area contributed by atoms with Gasteiger partial charge < -0.3 is 5.73 Å². The fourth-order valence-electron chi connectivity index (χ4n) is 3.41. The third-order valence-corrected chi connectivity index (χ3v) is 4.31. The summed E-state index contributed by atoms with van der Waals surface area (Å²) in [5.41, 5.74) is 6.75. The van der Waals surface area contributed by atoms with E-state index in [0.29, 0.717) is 11.6 Å². The molecule has 2 fully saturated rings. The van der Waals surface area contributed by atoms with Crippen molar-refractivity contribution in [3.63, 3.8) is 0 Å². The molecular formula is C17H18N2O2. The Morgan fingerprint density at radius 3 is 2.52 bits per heavy atom. The van der Waals surface area contributed by atoms with Gasteiger partial charge in [-0.2, -0.15) is 0 Å². The average molecular weight is 282 g/mol. The minimum atomic E-state index is -0.133. The summed E-state index contributed by atoms with van der Waals surface area (Å²) in [5.74, 6) is 5.79. The predicted octanol–water partition coefficient (Wildman–Crippen LogP) is 1.53. The third-order valence-electron chi connectivity index (χ3n) is 4.31. The van der Waals surface area contributed by atoms with Gasteiger partial charge in [-0.3, -0.25) is 14.5 Å². The van der Waals surface area contributed by atoms with Crippen molar-refractivity contribution in [3.05, 3.63) is 29.8 Å². The van der Waals surface area contributed by atoms with Crippen LogP contribution >= 0.6 is 0 Å². The van der Waals surface area contributed by atoms with E-state index in [-0.39, 0.29) is 30.2 Å². The van der Waals surface area contributed by atoms with Gasteiger partial charge in [-0.25, -0.2) is 0 Å². The van der Waals surface area contributed by atoms with Crippen molar-refractivity contribution in [2.24, 2.45) is 23.5 Å². The summed E-state index contributed by atoms with van der Waals surface area (Å²) in [6.07, 6.45) is 1.64. The van der Waals surface area contributed by atoms with Gasteiger partial charge in [-0.05, 0) is 37.0 Å². The van der Waals surface area contributed by atoms with Gasteiger partial charge in [-0.15, -0.1) is 0 Å². The van der Waals surface area contributed by atoms with Crippen molar-refractivity contribution in [2.75, 3.05) is 11.4 Å². The molecule has 1 saturated carbocycles. The molecule has 3 rings (SSSR count). The van der Waals surface area contributed by atoms with Gasteiger partial charge in [0.25, 0.3) is 0 Å². The van der Waals surface area contributed by atoms with Crippen LogP contribution in [-0.2, 0) is 9.59 Å².